The normalized spacial score (nSPS) is 38.5. The maximum Gasteiger partial charge on any atom is 0.232 e. The molecule has 3 amide bonds. The van der Waals surface area contributed by atoms with Crippen LogP contribution in [0.4, 0.5) is 0 Å². The topological polar surface area (TPSA) is 122 Å². The summed E-state index contributed by atoms with van der Waals surface area (Å²) in [4.78, 5) is 38.8. The van der Waals surface area contributed by atoms with Crippen molar-refractivity contribution < 1.29 is 19.5 Å². The highest BCUT2D eigenvalue weighted by Crippen LogP contribution is 2.65. The van der Waals surface area contributed by atoms with Gasteiger partial charge < -0.3 is 21.5 Å². The fourth-order valence-electron chi connectivity index (χ4n) is 9.48. The van der Waals surface area contributed by atoms with E-state index in [2.05, 4.69) is 24.5 Å². The van der Waals surface area contributed by atoms with E-state index in [1.54, 1.807) is 0 Å². The molecule has 5 N–H and O–H groups in total. The molecule has 3 aliphatic carbocycles. The molecule has 1 saturated heterocycles. The fraction of sp³-hybridized carbons (Fsp3) is 0.545. The van der Waals surface area contributed by atoms with E-state index in [0.29, 0.717) is 18.8 Å². The molecule has 1 heterocycles. The number of rotatable bonds is 5. The number of carbonyl (C=O) groups excluding carboxylic acids is 3. The Morgan fingerprint density at radius 1 is 0.925 bits per heavy atom. The largest absolute Gasteiger partial charge is 0.393 e. The summed E-state index contributed by atoms with van der Waals surface area (Å²) in [5, 5.41) is 18.3. The van der Waals surface area contributed by atoms with Crippen molar-refractivity contribution in [2.24, 2.45) is 46.2 Å². The average molecular weight is 544 g/mol. The molecule has 40 heavy (non-hydrogen) atoms. The number of carbonyl (C=O) groups is 3. The van der Waals surface area contributed by atoms with Gasteiger partial charge in [0, 0.05) is 12.0 Å². The number of fused-ring (bicyclic) bond motifs is 5. The molecule has 2 aromatic rings. The van der Waals surface area contributed by atoms with Gasteiger partial charge >= 0.3 is 0 Å². The number of amides is 3. The number of nitrogens with two attached hydrogens (primary N) is 1. The molecular formula is C33H41N3O4. The first-order valence-electron chi connectivity index (χ1n) is 14.8. The highest BCUT2D eigenvalue weighted by Gasteiger charge is 2.65. The van der Waals surface area contributed by atoms with Crippen molar-refractivity contribution in [1.82, 2.24) is 10.6 Å². The molecular weight excluding hydrogens is 502 g/mol. The van der Waals surface area contributed by atoms with Crippen LogP contribution in [0.2, 0.25) is 0 Å². The predicted octanol–water partition coefficient (Wildman–Crippen LogP) is 3.71. The Morgan fingerprint density at radius 2 is 1.55 bits per heavy atom. The zero-order chi connectivity index (χ0) is 28.2. The molecule has 0 bridgehead atoms. The number of aliphatic hydroxyl groups is 1. The van der Waals surface area contributed by atoms with E-state index in [9.17, 15) is 19.5 Å². The third kappa shape index (κ3) is 4.25. The molecule has 1 aliphatic heterocycles. The van der Waals surface area contributed by atoms with Gasteiger partial charge in [0.2, 0.25) is 17.7 Å². The molecule has 9 atom stereocenters. The van der Waals surface area contributed by atoms with Gasteiger partial charge in [0.25, 0.3) is 0 Å². The Morgan fingerprint density at radius 3 is 2.15 bits per heavy atom. The quantitative estimate of drug-likeness (QED) is 0.430. The molecule has 7 heteroatoms. The summed E-state index contributed by atoms with van der Waals surface area (Å²) in [5.74, 6) is -1.41. The lowest BCUT2D eigenvalue weighted by Crippen LogP contribution is -2.67. The standard InChI is InChI=1S/C33H41N3O4/c1-32-18-25(37)27-21(13-16-26-33(27,2)17-22(29(34)38)30(39)35-26)23(32)14-15-24(32)31(40)36-28(19-9-5-3-6-10-19)20-11-7-4-8-12-20/h3-12,21-28,37H,13-18H2,1-2H3,(H2,34,38)(H,35,39)(H,36,40)/t21-,22?,23-,24?,25?,26?,27-,32-,33-/m0/s1. The zero-order valence-corrected chi connectivity index (χ0v) is 23.4. The minimum absolute atomic E-state index is 0.0463. The second-order valence-corrected chi connectivity index (χ2v) is 13.3. The van der Waals surface area contributed by atoms with Crippen LogP contribution in [0, 0.1) is 40.4 Å². The Kier molecular flexibility index (Phi) is 6.76. The summed E-state index contributed by atoms with van der Waals surface area (Å²) < 4.78 is 0. The number of hydrogen-bond donors (Lipinski definition) is 4. The number of nitrogens with one attached hydrogen (secondary N) is 2. The highest BCUT2D eigenvalue weighted by atomic mass is 16.3. The van der Waals surface area contributed by atoms with Gasteiger partial charge in [-0.1, -0.05) is 74.5 Å². The van der Waals surface area contributed by atoms with Crippen LogP contribution in [0.1, 0.15) is 69.5 Å². The summed E-state index contributed by atoms with van der Waals surface area (Å²) in [6, 6.07) is 19.8. The van der Waals surface area contributed by atoms with E-state index in [0.717, 1.165) is 36.8 Å². The molecule has 4 aliphatic rings. The van der Waals surface area contributed by atoms with Crippen LogP contribution in [-0.4, -0.2) is 35.0 Å². The van der Waals surface area contributed by atoms with Crippen molar-refractivity contribution in [3.05, 3.63) is 71.8 Å². The first-order chi connectivity index (χ1) is 19.1. The van der Waals surface area contributed by atoms with Crippen LogP contribution in [0.3, 0.4) is 0 Å². The molecule has 2 aromatic carbocycles. The van der Waals surface area contributed by atoms with Crippen LogP contribution in [-0.2, 0) is 14.4 Å². The molecule has 6 rings (SSSR count). The molecule has 212 valence electrons. The van der Waals surface area contributed by atoms with Gasteiger partial charge in [-0.3, -0.25) is 14.4 Å². The van der Waals surface area contributed by atoms with Crippen molar-refractivity contribution in [2.45, 2.75) is 70.6 Å². The average Bonchev–Trinajstić information content (AvgIpc) is 3.29. The van der Waals surface area contributed by atoms with Crippen LogP contribution >= 0.6 is 0 Å². The minimum atomic E-state index is -0.865. The summed E-state index contributed by atoms with van der Waals surface area (Å²) in [7, 11) is 0. The van der Waals surface area contributed by atoms with Gasteiger partial charge in [-0.25, -0.2) is 0 Å². The van der Waals surface area contributed by atoms with Crippen molar-refractivity contribution in [1.29, 1.82) is 0 Å². The third-order valence-electron chi connectivity index (χ3n) is 11.3. The number of hydrogen-bond acceptors (Lipinski definition) is 4. The maximum atomic E-state index is 14.1. The zero-order valence-electron chi connectivity index (χ0n) is 23.4. The molecule has 0 radical (unpaired) electrons. The summed E-state index contributed by atoms with van der Waals surface area (Å²) in [6.07, 6.45) is 3.74. The fourth-order valence-corrected chi connectivity index (χ4v) is 9.48. The molecule has 7 nitrogen and oxygen atoms in total. The lowest BCUT2D eigenvalue weighted by Gasteiger charge is -2.62. The smallest absolute Gasteiger partial charge is 0.232 e. The van der Waals surface area contributed by atoms with Crippen LogP contribution < -0.4 is 16.4 Å². The van der Waals surface area contributed by atoms with E-state index in [1.165, 1.54) is 0 Å². The highest BCUT2D eigenvalue weighted by molar-refractivity contribution is 6.00. The second kappa shape index (κ2) is 10.0. The molecule has 4 unspecified atom stereocenters. The van der Waals surface area contributed by atoms with Gasteiger partial charge in [-0.05, 0) is 78.2 Å². The van der Waals surface area contributed by atoms with Crippen molar-refractivity contribution in [3.63, 3.8) is 0 Å². The molecule has 4 fully saturated rings. The first kappa shape index (κ1) is 27.0. The number of benzene rings is 2. The summed E-state index contributed by atoms with van der Waals surface area (Å²) >= 11 is 0. The number of aliphatic hydroxyl groups excluding tert-OH is 1. The lowest BCUT2D eigenvalue weighted by molar-refractivity contribution is -0.174. The minimum Gasteiger partial charge on any atom is -0.393 e. The Bertz CT molecular complexity index is 1250. The maximum absolute atomic E-state index is 14.1. The lowest BCUT2D eigenvalue weighted by atomic mass is 9.45. The summed E-state index contributed by atoms with van der Waals surface area (Å²) in [6.45, 7) is 4.33. The SMILES string of the molecule is C[C@]12CC(C(N)=O)C(=O)NC1CC[C@@H]1[C@H]2C(O)C[C@]2(C)C(C(=O)NC(c3ccccc3)c3ccccc3)CC[C@@H]12. The van der Waals surface area contributed by atoms with Crippen LogP contribution in [0.25, 0.3) is 0 Å². The van der Waals surface area contributed by atoms with Crippen LogP contribution in [0.15, 0.2) is 60.7 Å². The Hall–Kier alpha value is -3.19. The van der Waals surface area contributed by atoms with Gasteiger partial charge in [0.15, 0.2) is 0 Å². The van der Waals surface area contributed by atoms with Crippen LogP contribution in [0.5, 0.6) is 0 Å². The Labute approximate surface area is 236 Å². The van der Waals surface area contributed by atoms with E-state index in [4.69, 9.17) is 5.73 Å². The van der Waals surface area contributed by atoms with Crippen molar-refractivity contribution in [2.75, 3.05) is 0 Å². The molecule has 3 saturated carbocycles. The van der Waals surface area contributed by atoms with Gasteiger partial charge in [0.1, 0.15) is 5.92 Å². The van der Waals surface area contributed by atoms with Gasteiger partial charge in [-0.15, -0.1) is 0 Å². The van der Waals surface area contributed by atoms with Crippen molar-refractivity contribution >= 4 is 17.7 Å². The first-order valence-corrected chi connectivity index (χ1v) is 14.8. The predicted molar refractivity (Wildman–Crippen MR) is 151 cm³/mol. The van der Waals surface area contributed by atoms with Gasteiger partial charge in [0.05, 0.1) is 12.1 Å². The second-order valence-electron chi connectivity index (χ2n) is 13.3. The summed E-state index contributed by atoms with van der Waals surface area (Å²) in [5.41, 5.74) is 6.96. The third-order valence-corrected chi connectivity index (χ3v) is 11.3. The van der Waals surface area contributed by atoms with E-state index >= 15 is 0 Å². The monoisotopic (exact) mass is 543 g/mol. The Balaban J connectivity index is 1.26. The van der Waals surface area contributed by atoms with E-state index < -0.39 is 23.3 Å². The van der Waals surface area contributed by atoms with E-state index in [1.807, 2.05) is 60.7 Å². The van der Waals surface area contributed by atoms with E-state index in [-0.39, 0.29) is 47.1 Å². The molecule has 0 aromatic heterocycles. The molecule has 0 spiro atoms. The van der Waals surface area contributed by atoms with Crippen molar-refractivity contribution in [3.8, 4) is 0 Å². The number of piperidine rings is 1. The van der Waals surface area contributed by atoms with Gasteiger partial charge in [-0.2, -0.15) is 0 Å². The number of primary amides is 1.